The van der Waals surface area contributed by atoms with Crippen molar-refractivity contribution in [2.75, 3.05) is 46.6 Å². The second-order valence-corrected chi connectivity index (χ2v) is 5.22. The Morgan fingerprint density at radius 2 is 2.12 bits per heavy atom. The molecule has 1 saturated heterocycles. The molecule has 2 unspecified atom stereocenters. The molecule has 1 rings (SSSR count). The van der Waals surface area contributed by atoms with Gasteiger partial charge in [-0.25, -0.2) is 0 Å². The van der Waals surface area contributed by atoms with Crippen molar-refractivity contribution in [2.24, 2.45) is 0 Å². The molecular formula is C13H28N2O2. The van der Waals surface area contributed by atoms with Crippen LogP contribution in [-0.4, -0.2) is 63.0 Å². The molecule has 1 aliphatic rings. The molecule has 0 saturated carbocycles. The molecule has 1 heterocycles. The molecule has 0 aromatic heterocycles. The van der Waals surface area contributed by atoms with Crippen LogP contribution in [0.15, 0.2) is 0 Å². The van der Waals surface area contributed by atoms with Gasteiger partial charge in [0.1, 0.15) is 0 Å². The Morgan fingerprint density at radius 1 is 1.35 bits per heavy atom. The molecule has 0 aromatic rings. The van der Waals surface area contributed by atoms with E-state index < -0.39 is 0 Å². The third-order valence-corrected chi connectivity index (χ3v) is 3.73. The molecule has 0 radical (unpaired) electrons. The van der Waals surface area contributed by atoms with Crippen LogP contribution in [0.5, 0.6) is 0 Å². The van der Waals surface area contributed by atoms with Crippen LogP contribution >= 0.6 is 0 Å². The number of nitrogens with one attached hydrogen (secondary N) is 1. The average molecular weight is 244 g/mol. The average Bonchev–Trinajstić information content (AvgIpc) is 2.33. The minimum Gasteiger partial charge on any atom is -0.382 e. The van der Waals surface area contributed by atoms with Gasteiger partial charge in [0.2, 0.25) is 0 Å². The van der Waals surface area contributed by atoms with E-state index in [2.05, 4.69) is 31.0 Å². The van der Waals surface area contributed by atoms with E-state index in [1.54, 1.807) is 7.11 Å². The Hall–Kier alpha value is -0.160. The van der Waals surface area contributed by atoms with Gasteiger partial charge in [-0.05, 0) is 20.3 Å². The lowest BCUT2D eigenvalue weighted by Crippen LogP contribution is -2.62. The number of hydrogen-bond donors (Lipinski definition) is 1. The van der Waals surface area contributed by atoms with E-state index >= 15 is 0 Å². The topological polar surface area (TPSA) is 33.7 Å². The second kappa shape index (κ2) is 7.31. The van der Waals surface area contributed by atoms with Gasteiger partial charge in [-0.15, -0.1) is 0 Å². The molecule has 1 fully saturated rings. The molecule has 0 spiro atoms. The lowest BCUT2D eigenvalue weighted by atomic mass is 9.94. The zero-order valence-electron chi connectivity index (χ0n) is 11.8. The first kappa shape index (κ1) is 14.9. The van der Waals surface area contributed by atoms with Crippen LogP contribution in [0.1, 0.15) is 27.2 Å². The van der Waals surface area contributed by atoms with E-state index in [-0.39, 0.29) is 5.54 Å². The van der Waals surface area contributed by atoms with Crippen LogP contribution in [0.4, 0.5) is 0 Å². The zero-order chi connectivity index (χ0) is 12.7. The number of nitrogens with zero attached hydrogens (tertiary/aromatic N) is 1. The van der Waals surface area contributed by atoms with E-state index in [4.69, 9.17) is 9.47 Å². The van der Waals surface area contributed by atoms with Crippen LogP contribution in [0.25, 0.3) is 0 Å². The van der Waals surface area contributed by atoms with Gasteiger partial charge in [0.05, 0.1) is 19.8 Å². The van der Waals surface area contributed by atoms with Gasteiger partial charge in [-0.3, -0.25) is 4.90 Å². The van der Waals surface area contributed by atoms with Gasteiger partial charge in [0, 0.05) is 38.3 Å². The van der Waals surface area contributed by atoms with Crippen LogP contribution in [-0.2, 0) is 9.47 Å². The number of methoxy groups -OCH3 is 1. The summed E-state index contributed by atoms with van der Waals surface area (Å²) < 4.78 is 10.5. The zero-order valence-corrected chi connectivity index (χ0v) is 11.8. The fourth-order valence-electron chi connectivity index (χ4n) is 2.15. The Balaban J connectivity index is 2.25. The van der Waals surface area contributed by atoms with Crippen molar-refractivity contribution in [1.82, 2.24) is 10.2 Å². The van der Waals surface area contributed by atoms with Crippen molar-refractivity contribution in [3.05, 3.63) is 0 Å². The van der Waals surface area contributed by atoms with Gasteiger partial charge >= 0.3 is 0 Å². The highest BCUT2D eigenvalue weighted by molar-refractivity contribution is 4.92. The molecule has 1 N–H and O–H groups in total. The minimum atomic E-state index is 0.263. The largest absolute Gasteiger partial charge is 0.382 e. The van der Waals surface area contributed by atoms with E-state index in [0.717, 1.165) is 26.2 Å². The van der Waals surface area contributed by atoms with E-state index in [1.165, 1.54) is 6.42 Å². The lowest BCUT2D eigenvalue weighted by molar-refractivity contribution is 0.0306. The summed E-state index contributed by atoms with van der Waals surface area (Å²) >= 11 is 0. The molecule has 0 amide bonds. The van der Waals surface area contributed by atoms with Gasteiger partial charge in [0.25, 0.3) is 0 Å². The fourth-order valence-corrected chi connectivity index (χ4v) is 2.15. The monoisotopic (exact) mass is 244 g/mol. The summed E-state index contributed by atoms with van der Waals surface area (Å²) in [6, 6.07) is 0.598. The Bertz CT molecular complexity index is 214. The molecule has 102 valence electrons. The Morgan fingerprint density at radius 3 is 2.76 bits per heavy atom. The smallest absolute Gasteiger partial charge is 0.0700 e. The van der Waals surface area contributed by atoms with Crippen LogP contribution in [0.3, 0.4) is 0 Å². The highest BCUT2D eigenvalue weighted by Gasteiger charge is 2.31. The van der Waals surface area contributed by atoms with Crippen molar-refractivity contribution in [1.29, 1.82) is 0 Å². The fraction of sp³-hybridized carbons (Fsp3) is 1.00. The molecule has 4 heteroatoms. The normalized spacial score (nSPS) is 30.7. The summed E-state index contributed by atoms with van der Waals surface area (Å²) in [7, 11) is 1.70. The van der Waals surface area contributed by atoms with Gasteiger partial charge < -0.3 is 14.8 Å². The molecule has 0 bridgehead atoms. The molecule has 2 atom stereocenters. The molecule has 1 aliphatic heterocycles. The van der Waals surface area contributed by atoms with E-state index in [9.17, 15) is 0 Å². The second-order valence-electron chi connectivity index (χ2n) is 5.22. The first-order valence-electron chi connectivity index (χ1n) is 6.67. The van der Waals surface area contributed by atoms with E-state index in [1.807, 2.05) is 0 Å². The molecule has 17 heavy (non-hydrogen) atoms. The SMILES string of the molecule is CCC1(C)CN(CCOCCOC)C(C)CN1. The summed E-state index contributed by atoms with van der Waals surface area (Å²) in [5, 5.41) is 3.63. The molecular weight excluding hydrogens is 216 g/mol. The first-order chi connectivity index (χ1) is 8.11. The van der Waals surface area contributed by atoms with Crippen molar-refractivity contribution in [2.45, 2.75) is 38.8 Å². The maximum absolute atomic E-state index is 5.54. The third-order valence-electron chi connectivity index (χ3n) is 3.73. The molecule has 0 aliphatic carbocycles. The highest BCUT2D eigenvalue weighted by atomic mass is 16.5. The van der Waals surface area contributed by atoms with Crippen molar-refractivity contribution in [3.8, 4) is 0 Å². The number of hydrogen-bond acceptors (Lipinski definition) is 4. The summed E-state index contributed by atoms with van der Waals surface area (Å²) in [6.07, 6.45) is 1.17. The van der Waals surface area contributed by atoms with Crippen molar-refractivity contribution < 1.29 is 9.47 Å². The van der Waals surface area contributed by atoms with Crippen LogP contribution in [0.2, 0.25) is 0 Å². The number of rotatable bonds is 7. The summed E-state index contributed by atoms with van der Waals surface area (Å²) in [6.45, 7) is 12.2. The van der Waals surface area contributed by atoms with Crippen molar-refractivity contribution in [3.63, 3.8) is 0 Å². The summed E-state index contributed by atoms with van der Waals surface area (Å²) in [5.41, 5.74) is 0.263. The summed E-state index contributed by atoms with van der Waals surface area (Å²) in [5.74, 6) is 0. The molecule has 4 nitrogen and oxygen atoms in total. The van der Waals surface area contributed by atoms with Gasteiger partial charge in [0.15, 0.2) is 0 Å². The maximum atomic E-state index is 5.54. The van der Waals surface area contributed by atoms with Gasteiger partial charge in [-0.2, -0.15) is 0 Å². The molecule has 0 aromatic carbocycles. The predicted octanol–water partition coefficient (Wildman–Crippen LogP) is 1.11. The van der Waals surface area contributed by atoms with Gasteiger partial charge in [-0.1, -0.05) is 6.92 Å². The van der Waals surface area contributed by atoms with Crippen LogP contribution in [0, 0.1) is 0 Å². The van der Waals surface area contributed by atoms with Crippen molar-refractivity contribution >= 4 is 0 Å². The highest BCUT2D eigenvalue weighted by Crippen LogP contribution is 2.18. The Labute approximate surface area is 106 Å². The number of ether oxygens (including phenoxy) is 2. The van der Waals surface area contributed by atoms with E-state index in [0.29, 0.717) is 19.3 Å². The third kappa shape index (κ3) is 4.92. The Kier molecular flexibility index (Phi) is 6.41. The quantitative estimate of drug-likeness (QED) is 0.680. The predicted molar refractivity (Wildman–Crippen MR) is 70.4 cm³/mol. The maximum Gasteiger partial charge on any atom is 0.0700 e. The minimum absolute atomic E-state index is 0.263. The number of piperazine rings is 1. The van der Waals surface area contributed by atoms with Crippen LogP contribution < -0.4 is 5.32 Å². The lowest BCUT2D eigenvalue weighted by Gasteiger charge is -2.45. The summed E-state index contributed by atoms with van der Waals surface area (Å²) in [4.78, 5) is 2.52. The first-order valence-corrected chi connectivity index (χ1v) is 6.67. The standard InChI is InChI=1S/C13H28N2O2/c1-5-13(3)11-15(12(2)10-14-13)6-7-17-9-8-16-4/h12,14H,5-11H2,1-4H3.